The first kappa shape index (κ1) is 15.6. The lowest BCUT2D eigenvalue weighted by atomic mass is 9.67. The van der Waals surface area contributed by atoms with Gasteiger partial charge in [-0.25, -0.2) is 0 Å². The van der Waals surface area contributed by atoms with Crippen LogP contribution in [0.2, 0.25) is 0 Å². The molecule has 118 valence electrons. The Balaban J connectivity index is 1.84. The molecule has 4 unspecified atom stereocenters. The molecule has 3 rings (SSSR count). The standard InChI is InChI=1S/C21H28O/c1-15(2)8-7-11-18-12-16(3)19-13-20(18)21(22-14-19)17-9-5-4-6-10-17/h4-6,8-11,16,19-21H,7,12-14H2,1-3H3. The minimum absolute atomic E-state index is 0.253. The van der Waals surface area contributed by atoms with Gasteiger partial charge in [-0.15, -0.1) is 0 Å². The third-order valence-corrected chi connectivity index (χ3v) is 5.28. The van der Waals surface area contributed by atoms with Crippen molar-refractivity contribution in [2.45, 2.75) is 46.1 Å². The molecule has 2 bridgehead atoms. The van der Waals surface area contributed by atoms with Gasteiger partial charge >= 0.3 is 0 Å². The lowest BCUT2D eigenvalue weighted by Crippen LogP contribution is -2.38. The summed E-state index contributed by atoms with van der Waals surface area (Å²) < 4.78 is 6.30. The minimum Gasteiger partial charge on any atom is -0.373 e. The molecule has 0 spiro atoms. The first-order valence-electron chi connectivity index (χ1n) is 8.64. The van der Waals surface area contributed by atoms with Crippen LogP contribution >= 0.6 is 0 Å². The third kappa shape index (κ3) is 3.35. The van der Waals surface area contributed by atoms with E-state index < -0.39 is 0 Å². The summed E-state index contributed by atoms with van der Waals surface area (Å²) in [4.78, 5) is 0. The smallest absolute Gasteiger partial charge is 0.0890 e. The molecule has 0 aromatic heterocycles. The maximum absolute atomic E-state index is 6.30. The predicted octanol–water partition coefficient (Wildman–Crippen LogP) is 5.70. The summed E-state index contributed by atoms with van der Waals surface area (Å²) in [5.74, 6) is 2.07. The molecule has 4 atom stereocenters. The van der Waals surface area contributed by atoms with Crippen molar-refractivity contribution in [1.82, 2.24) is 0 Å². The van der Waals surface area contributed by atoms with Gasteiger partial charge in [0.1, 0.15) is 0 Å². The SMILES string of the molecule is CC(C)=CCC=C1CC(C)C2COC(c3ccccc3)C1C2. The van der Waals surface area contributed by atoms with Crippen molar-refractivity contribution in [1.29, 1.82) is 0 Å². The molecule has 0 N–H and O–H groups in total. The van der Waals surface area contributed by atoms with Crippen molar-refractivity contribution in [3.63, 3.8) is 0 Å². The number of hydrogen-bond acceptors (Lipinski definition) is 1. The van der Waals surface area contributed by atoms with Gasteiger partial charge in [0.25, 0.3) is 0 Å². The molecule has 2 fully saturated rings. The average molecular weight is 296 g/mol. The number of allylic oxidation sites excluding steroid dienone is 3. The highest BCUT2D eigenvalue weighted by molar-refractivity contribution is 5.25. The van der Waals surface area contributed by atoms with Gasteiger partial charge < -0.3 is 4.74 Å². The lowest BCUT2D eigenvalue weighted by Gasteiger charge is -2.45. The van der Waals surface area contributed by atoms with Crippen LogP contribution in [-0.2, 0) is 4.74 Å². The van der Waals surface area contributed by atoms with E-state index in [0.717, 1.165) is 24.9 Å². The second-order valence-electron chi connectivity index (χ2n) is 7.24. The Hall–Kier alpha value is -1.34. The fourth-order valence-corrected chi connectivity index (χ4v) is 3.95. The molecule has 0 amide bonds. The minimum atomic E-state index is 0.253. The van der Waals surface area contributed by atoms with Crippen LogP contribution in [0.15, 0.2) is 53.6 Å². The fraction of sp³-hybridized carbons (Fsp3) is 0.524. The Morgan fingerprint density at radius 2 is 2.00 bits per heavy atom. The van der Waals surface area contributed by atoms with Crippen LogP contribution < -0.4 is 0 Å². The van der Waals surface area contributed by atoms with Gasteiger partial charge in [0.2, 0.25) is 0 Å². The molecular formula is C21H28O. The Morgan fingerprint density at radius 3 is 2.73 bits per heavy atom. The van der Waals surface area contributed by atoms with Gasteiger partial charge in [0, 0.05) is 5.92 Å². The zero-order chi connectivity index (χ0) is 15.5. The zero-order valence-electron chi connectivity index (χ0n) is 14.1. The normalized spacial score (nSPS) is 32.8. The van der Waals surface area contributed by atoms with Gasteiger partial charge in [-0.3, -0.25) is 0 Å². The summed E-state index contributed by atoms with van der Waals surface area (Å²) in [6.45, 7) is 7.67. The second-order valence-corrected chi connectivity index (χ2v) is 7.24. The van der Waals surface area contributed by atoms with Crippen molar-refractivity contribution >= 4 is 0 Å². The first-order chi connectivity index (χ1) is 10.6. The van der Waals surface area contributed by atoms with Gasteiger partial charge in [-0.1, -0.05) is 60.6 Å². The Labute approximate surface area is 135 Å². The molecule has 1 aliphatic carbocycles. The largest absolute Gasteiger partial charge is 0.373 e. The van der Waals surface area contributed by atoms with Gasteiger partial charge in [-0.05, 0) is 50.5 Å². The molecule has 2 aliphatic rings. The summed E-state index contributed by atoms with van der Waals surface area (Å²) in [6, 6.07) is 10.8. The summed E-state index contributed by atoms with van der Waals surface area (Å²) in [7, 11) is 0. The van der Waals surface area contributed by atoms with E-state index in [1.807, 2.05) is 0 Å². The van der Waals surface area contributed by atoms with E-state index in [-0.39, 0.29) is 6.10 Å². The molecule has 1 saturated heterocycles. The van der Waals surface area contributed by atoms with E-state index in [1.54, 1.807) is 5.57 Å². The maximum atomic E-state index is 6.30. The molecule has 0 radical (unpaired) electrons. The zero-order valence-corrected chi connectivity index (χ0v) is 14.1. The van der Waals surface area contributed by atoms with Crippen LogP contribution in [0.3, 0.4) is 0 Å². The van der Waals surface area contributed by atoms with Gasteiger partial charge in [-0.2, -0.15) is 0 Å². The monoisotopic (exact) mass is 296 g/mol. The fourth-order valence-electron chi connectivity index (χ4n) is 3.95. The van der Waals surface area contributed by atoms with Crippen LogP contribution in [0.5, 0.6) is 0 Å². The topological polar surface area (TPSA) is 9.23 Å². The van der Waals surface area contributed by atoms with Crippen LogP contribution in [0, 0.1) is 17.8 Å². The molecule has 1 aromatic carbocycles. The highest BCUT2D eigenvalue weighted by atomic mass is 16.5. The van der Waals surface area contributed by atoms with Crippen LogP contribution in [0.4, 0.5) is 0 Å². The van der Waals surface area contributed by atoms with Gasteiger partial charge in [0.05, 0.1) is 12.7 Å². The number of rotatable bonds is 3. The number of benzene rings is 1. The molecule has 1 saturated carbocycles. The number of hydrogen-bond donors (Lipinski definition) is 0. The van der Waals surface area contributed by atoms with E-state index in [2.05, 4.69) is 63.3 Å². The molecule has 1 aromatic rings. The van der Waals surface area contributed by atoms with Crippen molar-refractivity contribution < 1.29 is 4.74 Å². The van der Waals surface area contributed by atoms with E-state index in [9.17, 15) is 0 Å². The quantitative estimate of drug-likeness (QED) is 0.650. The molecule has 1 aliphatic heterocycles. The average Bonchev–Trinajstić information content (AvgIpc) is 2.53. The molecule has 1 heteroatoms. The van der Waals surface area contributed by atoms with E-state index >= 15 is 0 Å². The molecule has 1 nitrogen and oxygen atoms in total. The highest BCUT2D eigenvalue weighted by Gasteiger charge is 2.40. The Bertz CT molecular complexity index is 551. The summed E-state index contributed by atoms with van der Waals surface area (Å²) >= 11 is 0. The van der Waals surface area contributed by atoms with Crippen molar-refractivity contribution in [3.8, 4) is 0 Å². The summed E-state index contributed by atoms with van der Waals surface area (Å²) in [5.41, 5.74) is 4.36. The lowest BCUT2D eigenvalue weighted by molar-refractivity contribution is -0.0746. The van der Waals surface area contributed by atoms with Crippen LogP contribution in [-0.4, -0.2) is 6.61 Å². The van der Waals surface area contributed by atoms with Crippen molar-refractivity contribution in [2.24, 2.45) is 17.8 Å². The van der Waals surface area contributed by atoms with Crippen molar-refractivity contribution in [2.75, 3.05) is 6.61 Å². The molecular weight excluding hydrogens is 268 g/mol. The van der Waals surface area contributed by atoms with E-state index in [0.29, 0.717) is 5.92 Å². The van der Waals surface area contributed by atoms with E-state index in [4.69, 9.17) is 4.74 Å². The predicted molar refractivity (Wildman–Crippen MR) is 92.6 cm³/mol. The third-order valence-electron chi connectivity index (χ3n) is 5.28. The Kier molecular flexibility index (Phi) is 4.83. The number of fused-ring (bicyclic) bond motifs is 2. The van der Waals surface area contributed by atoms with Crippen molar-refractivity contribution in [3.05, 3.63) is 59.2 Å². The summed E-state index contributed by atoms with van der Waals surface area (Å²) in [6.07, 6.45) is 8.65. The van der Waals surface area contributed by atoms with Crippen LogP contribution in [0.1, 0.15) is 51.7 Å². The van der Waals surface area contributed by atoms with E-state index in [1.165, 1.54) is 24.0 Å². The van der Waals surface area contributed by atoms with Gasteiger partial charge in [0.15, 0.2) is 0 Å². The summed E-state index contributed by atoms with van der Waals surface area (Å²) in [5, 5.41) is 0. The Morgan fingerprint density at radius 1 is 1.23 bits per heavy atom. The first-order valence-corrected chi connectivity index (χ1v) is 8.64. The molecule has 22 heavy (non-hydrogen) atoms. The van der Waals surface area contributed by atoms with Crippen LogP contribution in [0.25, 0.3) is 0 Å². The molecule has 1 heterocycles. The highest BCUT2D eigenvalue weighted by Crippen LogP contribution is 2.48. The maximum Gasteiger partial charge on any atom is 0.0890 e. The number of ether oxygens (including phenoxy) is 1. The second kappa shape index (κ2) is 6.83.